The third kappa shape index (κ3) is 3.46. The molecule has 0 saturated carbocycles. The van der Waals surface area contributed by atoms with Gasteiger partial charge in [-0.15, -0.1) is 11.3 Å². The van der Waals surface area contributed by atoms with Crippen molar-refractivity contribution in [3.63, 3.8) is 0 Å². The number of hydrogen-bond donors (Lipinski definition) is 1. The molecule has 0 atom stereocenters. The zero-order valence-corrected chi connectivity index (χ0v) is 12.7. The van der Waals surface area contributed by atoms with E-state index >= 15 is 0 Å². The van der Waals surface area contributed by atoms with E-state index in [0.717, 1.165) is 18.1 Å². The molecule has 104 valence electrons. The predicted octanol–water partition coefficient (Wildman–Crippen LogP) is 1.79. The minimum absolute atomic E-state index is 0.00809. The first-order valence-electron chi connectivity index (χ1n) is 6.13. The van der Waals surface area contributed by atoms with Crippen LogP contribution in [0.4, 0.5) is 10.7 Å². The number of ketones is 1. The molecule has 1 aromatic heterocycles. The first kappa shape index (κ1) is 15.5. The third-order valence-corrected chi connectivity index (χ3v) is 4.20. The van der Waals surface area contributed by atoms with Gasteiger partial charge in [-0.05, 0) is 14.1 Å². The van der Waals surface area contributed by atoms with Crippen LogP contribution in [0.15, 0.2) is 0 Å². The SMILES string of the molecule is CCC(=O)c1sc(N(C)CCN(C)C)c(C#N)c1N. The van der Waals surface area contributed by atoms with E-state index in [-0.39, 0.29) is 5.78 Å². The summed E-state index contributed by atoms with van der Waals surface area (Å²) >= 11 is 1.31. The molecule has 0 fully saturated rings. The summed E-state index contributed by atoms with van der Waals surface area (Å²) in [5.74, 6) is -0.00809. The van der Waals surface area contributed by atoms with Crippen LogP contribution in [0.3, 0.4) is 0 Å². The minimum atomic E-state index is -0.00809. The van der Waals surface area contributed by atoms with Crippen LogP contribution in [0, 0.1) is 11.3 Å². The van der Waals surface area contributed by atoms with Crippen LogP contribution in [-0.2, 0) is 0 Å². The number of nitrogens with zero attached hydrogens (tertiary/aromatic N) is 3. The Morgan fingerprint density at radius 1 is 1.37 bits per heavy atom. The number of thiophene rings is 1. The lowest BCUT2D eigenvalue weighted by Crippen LogP contribution is -2.28. The van der Waals surface area contributed by atoms with E-state index in [0.29, 0.717) is 22.5 Å². The number of carbonyl (C=O) groups excluding carboxylic acids is 1. The Morgan fingerprint density at radius 3 is 2.47 bits per heavy atom. The second-order valence-corrected chi connectivity index (χ2v) is 5.64. The molecule has 0 spiro atoms. The fourth-order valence-corrected chi connectivity index (χ4v) is 2.80. The second-order valence-electron chi connectivity index (χ2n) is 4.64. The molecular weight excluding hydrogens is 260 g/mol. The van der Waals surface area contributed by atoms with Gasteiger partial charge in [0, 0.05) is 26.6 Å². The van der Waals surface area contributed by atoms with Gasteiger partial charge in [0.15, 0.2) is 5.78 Å². The van der Waals surface area contributed by atoms with Crippen LogP contribution >= 0.6 is 11.3 Å². The van der Waals surface area contributed by atoms with Gasteiger partial charge in [-0.1, -0.05) is 6.92 Å². The molecule has 0 aliphatic carbocycles. The summed E-state index contributed by atoms with van der Waals surface area (Å²) in [6.07, 6.45) is 0.399. The largest absolute Gasteiger partial charge is 0.396 e. The Bertz CT molecular complexity index is 501. The van der Waals surface area contributed by atoms with Crippen molar-refractivity contribution in [3.8, 4) is 6.07 Å². The molecule has 0 aliphatic rings. The van der Waals surface area contributed by atoms with Crippen molar-refractivity contribution in [1.29, 1.82) is 5.26 Å². The van der Waals surface area contributed by atoms with Crippen molar-refractivity contribution < 1.29 is 4.79 Å². The average molecular weight is 280 g/mol. The van der Waals surface area contributed by atoms with Crippen LogP contribution in [0.1, 0.15) is 28.6 Å². The van der Waals surface area contributed by atoms with Gasteiger partial charge in [0.05, 0.1) is 10.6 Å². The molecule has 0 bridgehead atoms. The zero-order chi connectivity index (χ0) is 14.6. The number of rotatable bonds is 6. The number of nitriles is 1. The summed E-state index contributed by atoms with van der Waals surface area (Å²) < 4.78 is 0. The molecule has 1 aromatic rings. The summed E-state index contributed by atoms with van der Waals surface area (Å²) in [6.45, 7) is 3.45. The molecule has 1 rings (SSSR count). The van der Waals surface area contributed by atoms with Gasteiger partial charge in [0.2, 0.25) is 0 Å². The third-order valence-electron chi connectivity index (χ3n) is 2.84. The fourth-order valence-electron chi connectivity index (χ4n) is 1.63. The number of hydrogen-bond acceptors (Lipinski definition) is 6. The average Bonchev–Trinajstić information content (AvgIpc) is 2.72. The van der Waals surface area contributed by atoms with Crippen molar-refractivity contribution in [2.75, 3.05) is 44.9 Å². The standard InChI is InChI=1S/C13H20N4OS/c1-5-10(18)12-11(15)9(8-14)13(19-12)17(4)7-6-16(2)3/h5-7,15H2,1-4H3. The normalized spacial score (nSPS) is 10.5. The summed E-state index contributed by atoms with van der Waals surface area (Å²) in [4.78, 5) is 16.3. The van der Waals surface area contributed by atoms with Crippen LogP contribution in [0.25, 0.3) is 0 Å². The van der Waals surface area contributed by atoms with Gasteiger partial charge in [0.25, 0.3) is 0 Å². The molecule has 19 heavy (non-hydrogen) atoms. The van der Waals surface area contributed by atoms with E-state index in [1.54, 1.807) is 6.92 Å². The van der Waals surface area contributed by atoms with Crippen molar-refractivity contribution in [2.24, 2.45) is 0 Å². The maximum Gasteiger partial charge on any atom is 0.174 e. The van der Waals surface area contributed by atoms with Crippen molar-refractivity contribution >= 4 is 27.8 Å². The Kier molecular flexibility index (Phi) is 5.33. The fraction of sp³-hybridized carbons (Fsp3) is 0.538. The summed E-state index contributed by atoms with van der Waals surface area (Å²) in [6, 6.07) is 2.11. The van der Waals surface area contributed by atoms with E-state index in [9.17, 15) is 10.1 Å². The highest BCUT2D eigenvalue weighted by Crippen LogP contribution is 2.37. The molecule has 0 amide bonds. The summed E-state index contributed by atoms with van der Waals surface area (Å²) in [5, 5.41) is 10.00. The van der Waals surface area contributed by atoms with Crippen molar-refractivity contribution in [3.05, 3.63) is 10.4 Å². The number of anilines is 2. The lowest BCUT2D eigenvalue weighted by atomic mass is 10.2. The second kappa shape index (κ2) is 6.55. The van der Waals surface area contributed by atoms with Gasteiger partial charge in [-0.25, -0.2) is 0 Å². The van der Waals surface area contributed by atoms with E-state index in [1.165, 1.54) is 11.3 Å². The highest BCUT2D eigenvalue weighted by atomic mass is 32.1. The summed E-state index contributed by atoms with van der Waals surface area (Å²) in [5.41, 5.74) is 6.66. The molecule has 1 heterocycles. The number of nitrogen functional groups attached to an aromatic ring is 1. The van der Waals surface area contributed by atoms with Gasteiger partial charge in [-0.2, -0.15) is 5.26 Å². The highest BCUT2D eigenvalue weighted by Gasteiger charge is 2.22. The van der Waals surface area contributed by atoms with E-state index in [4.69, 9.17) is 5.73 Å². The molecule has 0 aromatic carbocycles. The van der Waals surface area contributed by atoms with E-state index < -0.39 is 0 Å². The van der Waals surface area contributed by atoms with E-state index in [1.807, 2.05) is 26.0 Å². The molecule has 0 aliphatic heterocycles. The highest BCUT2D eigenvalue weighted by molar-refractivity contribution is 7.19. The quantitative estimate of drug-likeness (QED) is 0.804. The van der Waals surface area contributed by atoms with Crippen molar-refractivity contribution in [2.45, 2.75) is 13.3 Å². The number of Topliss-reactive ketones (excluding diaryl/α,β-unsaturated/α-hetero) is 1. The van der Waals surface area contributed by atoms with Crippen LogP contribution < -0.4 is 10.6 Å². The van der Waals surface area contributed by atoms with Gasteiger partial charge in [0.1, 0.15) is 16.6 Å². The maximum absolute atomic E-state index is 11.8. The molecule has 6 heteroatoms. The first-order valence-corrected chi connectivity index (χ1v) is 6.95. The Labute approximate surface area is 118 Å². The predicted molar refractivity (Wildman–Crippen MR) is 79.9 cm³/mol. The maximum atomic E-state index is 11.8. The molecule has 0 saturated heterocycles. The lowest BCUT2D eigenvalue weighted by molar-refractivity contribution is 0.0993. The van der Waals surface area contributed by atoms with Crippen LogP contribution in [-0.4, -0.2) is 44.9 Å². The minimum Gasteiger partial charge on any atom is -0.396 e. The topological polar surface area (TPSA) is 73.4 Å². The summed E-state index contributed by atoms with van der Waals surface area (Å²) in [7, 11) is 5.90. The number of nitrogens with two attached hydrogens (primary N) is 1. The molecule has 2 N–H and O–H groups in total. The van der Waals surface area contributed by atoms with Crippen LogP contribution in [0.5, 0.6) is 0 Å². The zero-order valence-electron chi connectivity index (χ0n) is 11.9. The Morgan fingerprint density at radius 2 is 2.00 bits per heavy atom. The lowest BCUT2D eigenvalue weighted by Gasteiger charge is -2.20. The van der Waals surface area contributed by atoms with Gasteiger partial charge in [-0.3, -0.25) is 4.79 Å². The molecule has 5 nitrogen and oxygen atoms in total. The molecular formula is C13H20N4OS. The smallest absolute Gasteiger partial charge is 0.174 e. The Balaban J connectivity index is 3.07. The molecule has 0 unspecified atom stereocenters. The first-order chi connectivity index (χ1) is 8.92. The monoisotopic (exact) mass is 280 g/mol. The Hall–Kier alpha value is -1.58. The van der Waals surface area contributed by atoms with Crippen molar-refractivity contribution in [1.82, 2.24) is 4.90 Å². The van der Waals surface area contributed by atoms with Gasteiger partial charge < -0.3 is 15.5 Å². The van der Waals surface area contributed by atoms with Crippen LogP contribution in [0.2, 0.25) is 0 Å². The van der Waals surface area contributed by atoms with Gasteiger partial charge >= 0.3 is 0 Å². The number of carbonyl (C=O) groups is 1. The number of likely N-dealkylation sites (N-methyl/N-ethyl adjacent to an activating group) is 2. The van der Waals surface area contributed by atoms with E-state index in [2.05, 4.69) is 11.0 Å². The molecule has 0 radical (unpaired) electrons.